The highest BCUT2D eigenvalue weighted by Crippen LogP contribution is 2.39. The van der Waals surface area contributed by atoms with E-state index in [-0.39, 0.29) is 17.4 Å². The van der Waals surface area contributed by atoms with Crippen LogP contribution in [0, 0.1) is 5.41 Å². The van der Waals surface area contributed by atoms with Gasteiger partial charge >= 0.3 is 0 Å². The molecular weight excluding hydrogens is 388 g/mol. The third-order valence-electron chi connectivity index (χ3n) is 6.04. The number of para-hydroxylation sites is 1. The lowest BCUT2D eigenvalue weighted by molar-refractivity contribution is 0.0932. The second-order valence-corrected chi connectivity index (χ2v) is 7.99. The number of hydrogen-bond donors (Lipinski definition) is 4. The Bertz CT molecular complexity index is 889. The summed E-state index contributed by atoms with van der Waals surface area (Å²) in [5.74, 6) is 0.789. The van der Waals surface area contributed by atoms with Gasteiger partial charge in [0.15, 0.2) is 5.96 Å². The van der Waals surface area contributed by atoms with Gasteiger partial charge in [0.25, 0.3) is 5.91 Å². The Morgan fingerprint density at radius 1 is 1.13 bits per heavy atom. The molecule has 1 amide bonds. The summed E-state index contributed by atoms with van der Waals surface area (Å²) in [6.45, 7) is 4.80. The van der Waals surface area contributed by atoms with Gasteiger partial charge in [0.05, 0.1) is 12.7 Å². The van der Waals surface area contributed by atoms with Crippen molar-refractivity contribution in [2.24, 2.45) is 0 Å². The van der Waals surface area contributed by atoms with Crippen LogP contribution in [0.15, 0.2) is 67.3 Å². The lowest BCUT2D eigenvalue weighted by Crippen LogP contribution is -2.49. The summed E-state index contributed by atoms with van der Waals surface area (Å²) in [6.07, 6.45) is 5.45. The number of rotatable bonds is 8. The van der Waals surface area contributed by atoms with Gasteiger partial charge in [-0.05, 0) is 43.4 Å². The number of amides is 1. The summed E-state index contributed by atoms with van der Waals surface area (Å²) >= 11 is 0. The zero-order valence-electron chi connectivity index (χ0n) is 18.1. The van der Waals surface area contributed by atoms with Crippen molar-refractivity contribution >= 4 is 11.9 Å². The number of ether oxygens (including phenoxy) is 1. The first kappa shape index (κ1) is 22.4. The first-order chi connectivity index (χ1) is 15.1. The van der Waals surface area contributed by atoms with Gasteiger partial charge in [0.2, 0.25) is 0 Å². The van der Waals surface area contributed by atoms with E-state index in [2.05, 4.69) is 46.8 Å². The molecule has 0 aromatic heterocycles. The molecule has 0 heterocycles. The molecule has 6 heteroatoms. The Labute approximate surface area is 184 Å². The van der Waals surface area contributed by atoms with Gasteiger partial charge in [-0.3, -0.25) is 10.2 Å². The van der Waals surface area contributed by atoms with Crippen molar-refractivity contribution in [3.8, 4) is 5.75 Å². The Morgan fingerprint density at radius 2 is 1.81 bits per heavy atom. The smallest absolute Gasteiger partial charge is 0.255 e. The van der Waals surface area contributed by atoms with Crippen molar-refractivity contribution in [1.29, 1.82) is 5.41 Å². The molecule has 1 aliphatic carbocycles. The van der Waals surface area contributed by atoms with Gasteiger partial charge in [0, 0.05) is 24.5 Å². The Balaban J connectivity index is 1.69. The number of hydrogen-bond acceptors (Lipinski definition) is 3. The van der Waals surface area contributed by atoms with Crippen LogP contribution >= 0.6 is 0 Å². The quantitative estimate of drug-likeness (QED) is 0.299. The Morgan fingerprint density at radius 3 is 2.48 bits per heavy atom. The first-order valence-corrected chi connectivity index (χ1v) is 10.7. The largest absolute Gasteiger partial charge is 0.496 e. The standard InChI is InChI=1S/C25H32N4O2/c1-3-17-27-24(26)29-20-13-15-25(16-14-20,19-9-5-4-6-10-19)18-28-23(30)21-11-7-8-12-22(21)31-2/h3-12,20H,1,13-18H2,2H3,(H,28,30)(H3,26,27,29)/t20-,25-. The number of methoxy groups -OCH3 is 1. The summed E-state index contributed by atoms with van der Waals surface area (Å²) in [5, 5.41) is 17.4. The van der Waals surface area contributed by atoms with Crippen molar-refractivity contribution < 1.29 is 9.53 Å². The van der Waals surface area contributed by atoms with Crippen LogP contribution in [0.3, 0.4) is 0 Å². The Kier molecular flexibility index (Phi) is 7.70. The first-order valence-electron chi connectivity index (χ1n) is 10.7. The number of nitrogens with one attached hydrogen (secondary N) is 4. The second kappa shape index (κ2) is 10.7. The van der Waals surface area contributed by atoms with Crippen molar-refractivity contribution in [3.63, 3.8) is 0 Å². The Hall–Kier alpha value is -3.28. The molecule has 0 bridgehead atoms. The fourth-order valence-electron chi connectivity index (χ4n) is 4.28. The fraction of sp³-hybridized carbons (Fsp3) is 0.360. The molecule has 2 aromatic rings. The van der Waals surface area contributed by atoms with Crippen LogP contribution in [0.25, 0.3) is 0 Å². The normalized spacial score (nSPS) is 20.4. The van der Waals surface area contributed by atoms with Gasteiger partial charge in [-0.25, -0.2) is 0 Å². The molecule has 0 atom stereocenters. The van der Waals surface area contributed by atoms with Crippen LogP contribution in [-0.4, -0.2) is 38.1 Å². The van der Waals surface area contributed by atoms with Crippen LogP contribution in [0.4, 0.5) is 0 Å². The van der Waals surface area contributed by atoms with E-state index in [1.165, 1.54) is 5.56 Å². The number of benzene rings is 2. The van der Waals surface area contributed by atoms with Crippen LogP contribution in [0.5, 0.6) is 5.75 Å². The second-order valence-electron chi connectivity index (χ2n) is 7.99. The summed E-state index contributed by atoms with van der Waals surface area (Å²) in [7, 11) is 1.58. The van der Waals surface area contributed by atoms with E-state index in [0.717, 1.165) is 25.7 Å². The monoisotopic (exact) mass is 420 g/mol. The summed E-state index contributed by atoms with van der Waals surface area (Å²) in [4.78, 5) is 12.9. The minimum atomic E-state index is -0.131. The molecular formula is C25H32N4O2. The maximum Gasteiger partial charge on any atom is 0.255 e. The average Bonchev–Trinajstić information content (AvgIpc) is 2.82. The summed E-state index contributed by atoms with van der Waals surface area (Å²) < 4.78 is 5.35. The maximum absolute atomic E-state index is 12.9. The fourth-order valence-corrected chi connectivity index (χ4v) is 4.28. The van der Waals surface area contributed by atoms with E-state index in [1.807, 2.05) is 18.2 Å². The molecule has 164 valence electrons. The molecule has 0 saturated heterocycles. The molecule has 2 aromatic carbocycles. The lowest BCUT2D eigenvalue weighted by Gasteiger charge is -2.41. The molecule has 0 radical (unpaired) electrons. The van der Waals surface area contributed by atoms with E-state index >= 15 is 0 Å². The lowest BCUT2D eigenvalue weighted by atomic mass is 9.68. The molecule has 0 spiro atoms. The van der Waals surface area contributed by atoms with Crippen LogP contribution < -0.4 is 20.7 Å². The van der Waals surface area contributed by atoms with E-state index in [9.17, 15) is 4.79 Å². The predicted molar refractivity (Wildman–Crippen MR) is 125 cm³/mol. The third kappa shape index (κ3) is 5.66. The van der Waals surface area contributed by atoms with E-state index in [1.54, 1.807) is 25.3 Å². The van der Waals surface area contributed by atoms with Gasteiger partial charge in [0.1, 0.15) is 5.75 Å². The highest BCUT2D eigenvalue weighted by Gasteiger charge is 2.37. The van der Waals surface area contributed by atoms with Crippen LogP contribution in [-0.2, 0) is 5.41 Å². The highest BCUT2D eigenvalue weighted by atomic mass is 16.5. The molecule has 3 rings (SSSR count). The molecule has 0 aliphatic heterocycles. The minimum Gasteiger partial charge on any atom is -0.496 e. The summed E-state index contributed by atoms with van der Waals surface area (Å²) in [6, 6.07) is 18.0. The minimum absolute atomic E-state index is 0.122. The van der Waals surface area contributed by atoms with Gasteiger partial charge in [-0.2, -0.15) is 0 Å². The van der Waals surface area contributed by atoms with Crippen molar-refractivity contribution in [2.75, 3.05) is 20.2 Å². The zero-order valence-corrected chi connectivity index (χ0v) is 18.1. The van der Waals surface area contributed by atoms with E-state index in [0.29, 0.717) is 30.4 Å². The van der Waals surface area contributed by atoms with Gasteiger partial charge in [-0.15, -0.1) is 6.58 Å². The zero-order chi connectivity index (χ0) is 22.1. The van der Waals surface area contributed by atoms with Crippen molar-refractivity contribution in [3.05, 3.63) is 78.4 Å². The van der Waals surface area contributed by atoms with Gasteiger partial charge < -0.3 is 20.7 Å². The molecule has 0 unspecified atom stereocenters. The van der Waals surface area contributed by atoms with Gasteiger partial charge in [-0.1, -0.05) is 48.5 Å². The number of carbonyl (C=O) groups excluding carboxylic acids is 1. The van der Waals surface area contributed by atoms with Crippen molar-refractivity contribution in [1.82, 2.24) is 16.0 Å². The molecule has 1 aliphatic rings. The molecule has 4 N–H and O–H groups in total. The third-order valence-corrected chi connectivity index (χ3v) is 6.04. The molecule has 31 heavy (non-hydrogen) atoms. The van der Waals surface area contributed by atoms with E-state index < -0.39 is 0 Å². The number of carbonyl (C=O) groups is 1. The van der Waals surface area contributed by atoms with Crippen molar-refractivity contribution in [2.45, 2.75) is 37.1 Å². The molecule has 6 nitrogen and oxygen atoms in total. The van der Waals surface area contributed by atoms with Crippen LogP contribution in [0.1, 0.15) is 41.6 Å². The van der Waals surface area contributed by atoms with Crippen LogP contribution in [0.2, 0.25) is 0 Å². The number of guanidine groups is 1. The predicted octanol–water partition coefficient (Wildman–Crippen LogP) is 3.61. The molecule has 1 fully saturated rings. The topological polar surface area (TPSA) is 86.2 Å². The maximum atomic E-state index is 12.9. The summed E-state index contributed by atoms with van der Waals surface area (Å²) in [5.41, 5.74) is 1.66. The highest BCUT2D eigenvalue weighted by molar-refractivity contribution is 5.97. The molecule has 1 saturated carbocycles. The SMILES string of the molecule is C=CCNC(=N)N[C@H]1CC[C@](CNC(=O)c2ccccc2OC)(c2ccccc2)CC1. The average molecular weight is 421 g/mol. The van der Waals surface area contributed by atoms with E-state index in [4.69, 9.17) is 10.1 Å².